The van der Waals surface area contributed by atoms with Crippen LogP contribution in [0.1, 0.15) is 32.8 Å². The highest BCUT2D eigenvalue weighted by Gasteiger charge is 2.29. The number of nitrogens with one attached hydrogen (secondary N) is 1. The van der Waals surface area contributed by atoms with Gasteiger partial charge in [0.25, 0.3) is 0 Å². The monoisotopic (exact) mass is 379 g/mol. The molecule has 1 atom stereocenters. The van der Waals surface area contributed by atoms with E-state index < -0.39 is 23.8 Å². The molecule has 0 aliphatic rings. The minimum atomic E-state index is -3.94. The molecule has 0 amide bonds. The lowest BCUT2D eigenvalue weighted by molar-refractivity contribution is 0.158. The summed E-state index contributed by atoms with van der Waals surface area (Å²) in [5, 5.41) is 0. The second kappa shape index (κ2) is 9.65. The van der Waals surface area contributed by atoms with E-state index in [0.717, 1.165) is 5.56 Å². The molecule has 9 heteroatoms. The first kappa shape index (κ1) is 21.3. The molecule has 7 nitrogen and oxygen atoms in total. The van der Waals surface area contributed by atoms with E-state index in [2.05, 4.69) is 5.48 Å². The number of rotatable bonds is 11. The Kier molecular flexibility index (Phi) is 8.56. The molecule has 138 valence electrons. The summed E-state index contributed by atoms with van der Waals surface area (Å²) in [5.41, 5.74) is 3.42. The van der Waals surface area contributed by atoms with Gasteiger partial charge < -0.3 is 9.05 Å². The molecule has 0 heterocycles. The van der Waals surface area contributed by atoms with Crippen LogP contribution in [-0.4, -0.2) is 33.8 Å². The van der Waals surface area contributed by atoms with E-state index in [-0.39, 0.29) is 24.3 Å². The van der Waals surface area contributed by atoms with Gasteiger partial charge >= 0.3 is 17.7 Å². The van der Waals surface area contributed by atoms with Crippen molar-refractivity contribution in [2.24, 2.45) is 0 Å². The molecule has 0 aliphatic heterocycles. The summed E-state index contributed by atoms with van der Waals surface area (Å²) in [6.07, 6.45) is 0.516. The number of hydrogen-bond donors (Lipinski definition) is 1. The second-order valence-corrected chi connectivity index (χ2v) is 8.85. The summed E-state index contributed by atoms with van der Waals surface area (Å²) in [5.74, 6) is 0. The van der Waals surface area contributed by atoms with Crippen molar-refractivity contribution in [2.75, 3.05) is 19.4 Å². The maximum Gasteiger partial charge on any atom is 0.332 e. The predicted molar refractivity (Wildman–Crippen MR) is 92.4 cm³/mol. The van der Waals surface area contributed by atoms with Crippen LogP contribution >= 0.6 is 7.60 Å². The first-order valence-corrected chi connectivity index (χ1v) is 11.0. The lowest BCUT2D eigenvalue weighted by atomic mass is 10.2. The van der Waals surface area contributed by atoms with E-state index >= 15 is 0 Å². The van der Waals surface area contributed by atoms with Gasteiger partial charge in [0.1, 0.15) is 0 Å². The Hall–Kier alpha value is -0.760. The van der Waals surface area contributed by atoms with Crippen LogP contribution < -0.4 is 5.48 Å². The molecule has 1 aromatic rings. The van der Waals surface area contributed by atoms with Gasteiger partial charge in [-0.2, -0.15) is 18.2 Å². The molecule has 1 N–H and O–H groups in total. The van der Waals surface area contributed by atoms with E-state index in [1.807, 2.05) is 13.8 Å². The highest BCUT2D eigenvalue weighted by Crippen LogP contribution is 2.48. The Morgan fingerprint density at radius 1 is 1.08 bits per heavy atom. The minimum Gasteiger partial charge on any atom is -0.309 e. The van der Waals surface area contributed by atoms with Crippen molar-refractivity contribution in [2.45, 2.75) is 45.1 Å². The summed E-state index contributed by atoms with van der Waals surface area (Å²) in [7, 11) is -7.23. The van der Waals surface area contributed by atoms with Gasteiger partial charge in [-0.05, 0) is 39.3 Å². The van der Waals surface area contributed by atoms with Crippen molar-refractivity contribution in [3.05, 3.63) is 29.8 Å². The fourth-order valence-electron chi connectivity index (χ4n) is 1.94. The Morgan fingerprint density at radius 2 is 1.62 bits per heavy atom. The predicted octanol–water partition coefficient (Wildman–Crippen LogP) is 3.25. The van der Waals surface area contributed by atoms with E-state index in [1.165, 1.54) is 12.1 Å². The first-order chi connectivity index (χ1) is 11.3. The zero-order chi connectivity index (χ0) is 18.2. The van der Waals surface area contributed by atoms with Gasteiger partial charge in [-0.15, -0.1) is 0 Å². The standard InChI is InChI=1S/C15H26NO6PS/c1-5-14(12-23(17,20-6-2)21-7-3)16-22-24(18,19)15-10-8-13(4)9-11-15/h8-11,14,16H,5-7,12H2,1-4H3/t14-/m1/s1. The third-order valence-corrected chi connectivity index (χ3v) is 6.58. The first-order valence-electron chi connectivity index (χ1n) is 7.90. The molecule has 0 aromatic heterocycles. The molecule has 0 aliphatic carbocycles. The van der Waals surface area contributed by atoms with Crippen LogP contribution in [0, 0.1) is 6.92 Å². The van der Waals surface area contributed by atoms with Crippen LogP contribution in [0.4, 0.5) is 0 Å². The zero-order valence-corrected chi connectivity index (χ0v) is 16.2. The summed E-state index contributed by atoms with van der Waals surface area (Å²) in [6, 6.07) is 5.82. The smallest absolute Gasteiger partial charge is 0.309 e. The summed E-state index contributed by atoms with van der Waals surface area (Å²) < 4.78 is 52.2. The van der Waals surface area contributed by atoms with E-state index in [4.69, 9.17) is 13.3 Å². The maximum atomic E-state index is 12.5. The van der Waals surface area contributed by atoms with Crippen LogP contribution in [0.2, 0.25) is 0 Å². The van der Waals surface area contributed by atoms with Crippen LogP contribution in [0.25, 0.3) is 0 Å². The van der Waals surface area contributed by atoms with Crippen molar-refractivity contribution in [1.82, 2.24) is 5.48 Å². The molecule has 0 fully saturated rings. The van der Waals surface area contributed by atoms with Gasteiger partial charge in [0.2, 0.25) is 0 Å². The number of hydroxylamine groups is 1. The molecule has 0 radical (unpaired) electrons. The molecule has 0 unspecified atom stereocenters. The Balaban J connectivity index is 2.74. The zero-order valence-electron chi connectivity index (χ0n) is 14.5. The van der Waals surface area contributed by atoms with Crippen LogP contribution in [0.15, 0.2) is 29.2 Å². The average molecular weight is 379 g/mol. The fraction of sp³-hybridized carbons (Fsp3) is 0.600. The highest BCUT2D eigenvalue weighted by molar-refractivity contribution is 7.86. The van der Waals surface area contributed by atoms with Gasteiger partial charge in [0.05, 0.1) is 24.3 Å². The molecule has 24 heavy (non-hydrogen) atoms. The molecular formula is C15H26NO6PS. The van der Waals surface area contributed by atoms with Crippen molar-refractivity contribution in [3.63, 3.8) is 0 Å². The summed E-state index contributed by atoms with van der Waals surface area (Å²) >= 11 is 0. The topological polar surface area (TPSA) is 90.9 Å². The van der Waals surface area contributed by atoms with Gasteiger partial charge in [0, 0.05) is 6.04 Å². The molecule has 0 spiro atoms. The van der Waals surface area contributed by atoms with Crippen molar-refractivity contribution in [1.29, 1.82) is 0 Å². The quantitative estimate of drug-likeness (QED) is 0.466. The normalized spacial score (nSPS) is 13.8. The SMILES string of the molecule is CCOP(=O)(C[C@@H](CC)NOS(=O)(=O)c1ccc(C)cc1)OCC. The van der Waals surface area contributed by atoms with E-state index in [0.29, 0.717) is 6.42 Å². The van der Waals surface area contributed by atoms with Gasteiger partial charge in [0.15, 0.2) is 0 Å². The third-order valence-electron chi connectivity index (χ3n) is 3.22. The fourth-order valence-corrected chi connectivity index (χ4v) is 4.71. The van der Waals surface area contributed by atoms with Gasteiger partial charge in [-0.3, -0.25) is 4.57 Å². The molecule has 1 aromatic carbocycles. The van der Waals surface area contributed by atoms with Crippen molar-refractivity contribution < 1.29 is 26.3 Å². The van der Waals surface area contributed by atoms with Gasteiger partial charge in [-0.25, -0.2) is 0 Å². The number of hydrogen-bond acceptors (Lipinski definition) is 7. The second-order valence-electron chi connectivity index (χ2n) is 5.20. The molecular weight excluding hydrogens is 353 g/mol. The molecule has 0 saturated heterocycles. The lowest BCUT2D eigenvalue weighted by Gasteiger charge is -2.22. The van der Waals surface area contributed by atoms with Crippen LogP contribution in [-0.2, 0) is 28.0 Å². The van der Waals surface area contributed by atoms with E-state index in [1.54, 1.807) is 26.0 Å². The van der Waals surface area contributed by atoms with E-state index in [9.17, 15) is 13.0 Å². The number of benzene rings is 1. The number of aryl methyl sites for hydroxylation is 1. The highest BCUT2D eigenvalue weighted by atomic mass is 32.2. The summed E-state index contributed by atoms with van der Waals surface area (Å²) in [6.45, 7) is 7.62. The van der Waals surface area contributed by atoms with Crippen molar-refractivity contribution in [3.8, 4) is 0 Å². The lowest BCUT2D eigenvalue weighted by Crippen LogP contribution is -2.34. The molecule has 0 saturated carbocycles. The Bertz CT molecular complexity index is 636. The van der Waals surface area contributed by atoms with Crippen molar-refractivity contribution >= 4 is 17.7 Å². The Labute approximate surface area is 144 Å². The minimum absolute atomic E-state index is 0.0224. The van der Waals surface area contributed by atoms with Gasteiger partial charge in [-0.1, -0.05) is 24.6 Å². The molecule has 0 bridgehead atoms. The average Bonchev–Trinajstić information content (AvgIpc) is 2.52. The maximum absolute atomic E-state index is 12.5. The van der Waals surface area contributed by atoms with Crippen LogP contribution in [0.5, 0.6) is 0 Å². The Morgan fingerprint density at radius 3 is 2.08 bits per heavy atom. The van der Waals surface area contributed by atoms with Crippen LogP contribution in [0.3, 0.4) is 0 Å². The summed E-state index contributed by atoms with van der Waals surface area (Å²) in [4.78, 5) is 0.0493. The largest absolute Gasteiger partial charge is 0.332 e. The third kappa shape index (κ3) is 6.63. The molecule has 1 rings (SSSR count).